The number of carbonyl (C=O) groups excluding carboxylic acids is 5. The van der Waals surface area contributed by atoms with Gasteiger partial charge in [0, 0.05) is 6.42 Å². The van der Waals surface area contributed by atoms with Crippen molar-refractivity contribution in [2.24, 2.45) is 17.6 Å². The van der Waals surface area contributed by atoms with Gasteiger partial charge >= 0.3 is 6.09 Å². The van der Waals surface area contributed by atoms with Crippen molar-refractivity contribution in [3.05, 3.63) is 71.8 Å². The second-order valence-electron chi connectivity index (χ2n) is 12.1. The van der Waals surface area contributed by atoms with Crippen LogP contribution in [0.5, 0.6) is 0 Å². The SMILES string of the molecule is CC(C)[C@H](N)C(=O)NC(=O)[C@@H](NC(=O)CCC[C@H](O)[C@H](Cc1ccccc1)NC(=O)[C@H](C)NC(=O)OCc1ccccc1)C(C)C. The first kappa shape index (κ1) is 37.9. The van der Waals surface area contributed by atoms with E-state index in [9.17, 15) is 29.1 Å². The van der Waals surface area contributed by atoms with Crippen LogP contribution >= 0.6 is 0 Å². The number of benzene rings is 2. The summed E-state index contributed by atoms with van der Waals surface area (Å²) in [5.74, 6) is -2.63. The maximum atomic E-state index is 13.0. The van der Waals surface area contributed by atoms with E-state index in [1.807, 2.05) is 60.7 Å². The number of carbonyl (C=O) groups is 5. The average molecular weight is 640 g/mol. The third-order valence-corrected chi connectivity index (χ3v) is 7.47. The standard InChI is InChI=1S/C34H49N5O7/c1-21(2)29(35)32(43)39-33(44)30(22(3)4)38-28(41)18-12-17-27(40)26(19-24-13-8-6-9-14-24)37-31(42)23(5)36-34(45)46-20-25-15-10-7-11-16-25/h6-11,13-16,21-23,26-27,29-30,40H,12,17-20,35H2,1-5H3,(H,36,45)(H,37,42)(H,38,41)(H,39,43,44)/t23-,26-,27-,29-,30-/m0/s1. The normalized spacial score (nSPS) is 14.4. The lowest BCUT2D eigenvalue weighted by Gasteiger charge is -2.26. The molecule has 0 radical (unpaired) electrons. The van der Waals surface area contributed by atoms with E-state index in [1.165, 1.54) is 6.92 Å². The first-order valence-electron chi connectivity index (χ1n) is 15.7. The second kappa shape index (κ2) is 19.3. The number of imide groups is 1. The first-order valence-corrected chi connectivity index (χ1v) is 15.7. The summed E-state index contributed by atoms with van der Waals surface area (Å²) < 4.78 is 5.20. The van der Waals surface area contributed by atoms with Gasteiger partial charge in [0.15, 0.2) is 0 Å². The number of alkyl carbamates (subject to hydrolysis) is 1. The lowest BCUT2D eigenvalue weighted by atomic mass is 9.97. The Morgan fingerprint density at radius 3 is 1.91 bits per heavy atom. The van der Waals surface area contributed by atoms with Gasteiger partial charge in [0.2, 0.25) is 23.6 Å². The Morgan fingerprint density at radius 2 is 1.35 bits per heavy atom. The number of amides is 5. The van der Waals surface area contributed by atoms with Crippen molar-refractivity contribution in [2.45, 2.75) is 97.2 Å². The zero-order valence-corrected chi connectivity index (χ0v) is 27.3. The Bertz CT molecular complexity index is 1270. The smallest absolute Gasteiger partial charge is 0.408 e. The van der Waals surface area contributed by atoms with Crippen LogP contribution in [0, 0.1) is 11.8 Å². The van der Waals surface area contributed by atoms with Crippen LogP contribution in [0.4, 0.5) is 4.79 Å². The van der Waals surface area contributed by atoms with Gasteiger partial charge < -0.3 is 31.5 Å². The monoisotopic (exact) mass is 639 g/mol. The van der Waals surface area contributed by atoms with Crippen LogP contribution in [0.3, 0.4) is 0 Å². The minimum Gasteiger partial charge on any atom is -0.445 e. The lowest BCUT2D eigenvalue weighted by molar-refractivity contribution is -0.136. The predicted octanol–water partition coefficient (Wildman–Crippen LogP) is 2.33. The van der Waals surface area contributed by atoms with Crippen LogP contribution < -0.4 is 27.0 Å². The highest BCUT2D eigenvalue weighted by atomic mass is 16.5. The van der Waals surface area contributed by atoms with Crippen LogP contribution in [0.1, 0.15) is 65.0 Å². The van der Waals surface area contributed by atoms with Crippen molar-refractivity contribution in [1.82, 2.24) is 21.3 Å². The van der Waals surface area contributed by atoms with Crippen molar-refractivity contribution in [3.63, 3.8) is 0 Å². The van der Waals surface area contributed by atoms with Crippen molar-refractivity contribution in [2.75, 3.05) is 0 Å². The number of nitrogens with two attached hydrogens (primary N) is 1. The molecule has 0 aromatic heterocycles. The van der Waals surface area contributed by atoms with Gasteiger partial charge in [0.1, 0.15) is 18.7 Å². The number of hydrogen-bond donors (Lipinski definition) is 6. The molecule has 0 saturated carbocycles. The molecule has 2 aromatic carbocycles. The summed E-state index contributed by atoms with van der Waals surface area (Å²) in [5, 5.41) is 21.4. The van der Waals surface area contributed by atoms with Crippen LogP contribution in [-0.4, -0.2) is 65.1 Å². The first-order chi connectivity index (χ1) is 21.8. The van der Waals surface area contributed by atoms with E-state index in [1.54, 1.807) is 27.7 Å². The van der Waals surface area contributed by atoms with E-state index in [4.69, 9.17) is 10.5 Å². The second-order valence-corrected chi connectivity index (χ2v) is 12.1. The van der Waals surface area contributed by atoms with Gasteiger partial charge in [0.25, 0.3) is 0 Å². The molecule has 0 saturated heterocycles. The molecule has 2 rings (SSSR count). The molecule has 2 aromatic rings. The van der Waals surface area contributed by atoms with Crippen molar-refractivity contribution >= 4 is 29.7 Å². The van der Waals surface area contributed by atoms with Gasteiger partial charge in [-0.1, -0.05) is 88.4 Å². The van der Waals surface area contributed by atoms with Crippen molar-refractivity contribution in [1.29, 1.82) is 0 Å². The zero-order chi connectivity index (χ0) is 34.2. The quantitative estimate of drug-likeness (QED) is 0.152. The molecule has 12 heteroatoms. The summed E-state index contributed by atoms with van der Waals surface area (Å²) in [6.45, 7) is 8.59. The minimum atomic E-state index is -1.02. The number of aliphatic hydroxyl groups is 1. The largest absolute Gasteiger partial charge is 0.445 e. The highest BCUT2D eigenvalue weighted by molar-refractivity contribution is 6.01. The van der Waals surface area contributed by atoms with Gasteiger partial charge in [-0.3, -0.25) is 24.5 Å². The Balaban J connectivity index is 1.94. The van der Waals surface area contributed by atoms with Gasteiger partial charge in [-0.25, -0.2) is 4.79 Å². The Labute approximate surface area is 271 Å². The molecular formula is C34H49N5O7. The highest BCUT2D eigenvalue weighted by Crippen LogP contribution is 2.13. The van der Waals surface area contributed by atoms with Gasteiger partial charge in [-0.2, -0.15) is 0 Å². The lowest BCUT2D eigenvalue weighted by Crippen LogP contribution is -2.54. The van der Waals surface area contributed by atoms with Gasteiger partial charge in [-0.05, 0) is 49.1 Å². The molecule has 7 N–H and O–H groups in total. The summed E-state index contributed by atoms with van der Waals surface area (Å²) in [6.07, 6.45) is -1.02. The molecule has 0 fully saturated rings. The van der Waals surface area contributed by atoms with Crippen LogP contribution in [0.15, 0.2) is 60.7 Å². The van der Waals surface area contributed by atoms with Crippen LogP contribution in [0.25, 0.3) is 0 Å². The summed E-state index contributed by atoms with van der Waals surface area (Å²) in [5.41, 5.74) is 7.51. The number of nitrogens with one attached hydrogen (secondary N) is 4. The topological polar surface area (TPSA) is 189 Å². The van der Waals surface area contributed by atoms with E-state index >= 15 is 0 Å². The molecular weight excluding hydrogens is 590 g/mol. The molecule has 0 unspecified atom stereocenters. The van der Waals surface area contributed by atoms with E-state index in [0.717, 1.165) is 11.1 Å². The fraction of sp³-hybridized carbons (Fsp3) is 0.500. The van der Waals surface area contributed by atoms with Gasteiger partial charge in [-0.15, -0.1) is 0 Å². The number of hydrogen-bond acceptors (Lipinski definition) is 8. The molecule has 46 heavy (non-hydrogen) atoms. The van der Waals surface area contributed by atoms with Crippen molar-refractivity contribution < 1.29 is 33.8 Å². The third kappa shape index (κ3) is 13.4. The molecule has 0 aliphatic carbocycles. The highest BCUT2D eigenvalue weighted by Gasteiger charge is 2.29. The molecule has 5 amide bonds. The summed E-state index contributed by atoms with van der Waals surface area (Å²) in [4.78, 5) is 63.0. The number of rotatable bonds is 17. The van der Waals surface area contributed by atoms with Crippen LogP contribution in [0.2, 0.25) is 0 Å². The zero-order valence-electron chi connectivity index (χ0n) is 27.3. The molecule has 0 bridgehead atoms. The summed E-state index contributed by atoms with van der Waals surface area (Å²) in [7, 11) is 0. The van der Waals surface area contributed by atoms with E-state index in [2.05, 4.69) is 21.3 Å². The summed E-state index contributed by atoms with van der Waals surface area (Å²) >= 11 is 0. The maximum Gasteiger partial charge on any atom is 0.408 e. The molecule has 0 aliphatic rings. The van der Waals surface area contributed by atoms with Gasteiger partial charge in [0.05, 0.1) is 18.2 Å². The minimum absolute atomic E-state index is 0.00420. The van der Waals surface area contributed by atoms with Crippen molar-refractivity contribution in [3.8, 4) is 0 Å². The fourth-order valence-corrected chi connectivity index (χ4v) is 4.50. The predicted molar refractivity (Wildman–Crippen MR) is 174 cm³/mol. The van der Waals surface area contributed by atoms with Crippen LogP contribution in [-0.2, 0) is 36.9 Å². The summed E-state index contributed by atoms with van der Waals surface area (Å²) in [6, 6.07) is 15.0. The molecule has 0 spiro atoms. The Kier molecular flexibility index (Phi) is 15.9. The number of aliphatic hydroxyl groups excluding tert-OH is 1. The molecule has 0 heterocycles. The number of ether oxygens (including phenoxy) is 1. The third-order valence-electron chi connectivity index (χ3n) is 7.47. The Morgan fingerprint density at radius 1 is 0.761 bits per heavy atom. The van der Waals surface area contributed by atoms with E-state index in [0.29, 0.717) is 6.42 Å². The average Bonchev–Trinajstić information content (AvgIpc) is 3.02. The Hall–Kier alpha value is -4.29. The molecule has 5 atom stereocenters. The fourth-order valence-electron chi connectivity index (χ4n) is 4.50. The molecule has 12 nitrogen and oxygen atoms in total. The molecule has 0 aliphatic heterocycles. The van der Waals surface area contributed by atoms with E-state index in [-0.39, 0.29) is 37.7 Å². The maximum absolute atomic E-state index is 13.0. The molecule has 252 valence electrons. The van der Waals surface area contributed by atoms with E-state index < -0.39 is 60.0 Å².